The molecule has 0 spiro atoms. The molecule has 0 saturated heterocycles. The first-order valence-electron chi connectivity index (χ1n) is 18.2. The van der Waals surface area contributed by atoms with Crippen molar-refractivity contribution < 1.29 is 4.42 Å². The maximum atomic E-state index is 6.66. The van der Waals surface area contributed by atoms with Crippen molar-refractivity contribution in [2.24, 2.45) is 0 Å². The van der Waals surface area contributed by atoms with Crippen LogP contribution in [0.25, 0.3) is 98.4 Å². The van der Waals surface area contributed by atoms with Crippen molar-refractivity contribution in [1.29, 1.82) is 0 Å². The summed E-state index contributed by atoms with van der Waals surface area (Å²) in [4.78, 5) is 0. The first-order valence-corrected chi connectivity index (χ1v) is 18.2. The number of rotatable bonds is 6. The summed E-state index contributed by atoms with van der Waals surface area (Å²) < 4.78 is 6.66. The molecule has 0 N–H and O–H groups in total. The monoisotopic (exact) mass is 652 g/mol. The fraction of sp³-hybridized carbons (Fsp3) is 0.0800. The van der Waals surface area contributed by atoms with Crippen LogP contribution in [0.3, 0.4) is 0 Å². The molecule has 1 nitrogen and oxygen atoms in total. The first-order chi connectivity index (χ1) is 25.3. The summed E-state index contributed by atoms with van der Waals surface area (Å²) in [7, 11) is 0. The van der Waals surface area contributed by atoms with E-state index in [1.165, 1.54) is 94.9 Å². The summed E-state index contributed by atoms with van der Waals surface area (Å²) in [5.41, 5.74) is 10.7. The van der Waals surface area contributed by atoms with Crippen LogP contribution in [0.2, 0.25) is 0 Å². The van der Waals surface area contributed by atoms with E-state index in [4.69, 9.17) is 4.42 Å². The number of benzene rings is 9. The van der Waals surface area contributed by atoms with Gasteiger partial charge < -0.3 is 4.42 Å². The maximum absolute atomic E-state index is 6.66. The van der Waals surface area contributed by atoms with Gasteiger partial charge in [0, 0.05) is 10.8 Å². The van der Waals surface area contributed by atoms with E-state index in [1.54, 1.807) is 0 Å². The molecule has 0 unspecified atom stereocenters. The highest BCUT2D eigenvalue weighted by atomic mass is 16.3. The van der Waals surface area contributed by atoms with Crippen LogP contribution in [-0.2, 0) is 6.42 Å². The Bertz CT molecular complexity index is 2830. The van der Waals surface area contributed by atoms with Gasteiger partial charge in [0.05, 0.1) is 0 Å². The Kier molecular flexibility index (Phi) is 6.99. The van der Waals surface area contributed by atoms with Crippen LogP contribution in [0.1, 0.15) is 25.3 Å². The van der Waals surface area contributed by atoms with Gasteiger partial charge in [-0.05, 0) is 119 Å². The predicted molar refractivity (Wildman–Crippen MR) is 219 cm³/mol. The Morgan fingerprint density at radius 1 is 0.353 bits per heavy atom. The SMILES string of the molecule is CCCCc1c2ccccc2c(-c2ccc3c(c2)oc2ccc(-c4c5ccccc5c(-c5ccccc5)c5ccccc45)cc23)c2ccccc12. The van der Waals surface area contributed by atoms with Crippen molar-refractivity contribution in [3.63, 3.8) is 0 Å². The van der Waals surface area contributed by atoms with Crippen LogP contribution >= 0.6 is 0 Å². The lowest BCUT2D eigenvalue weighted by Crippen LogP contribution is -1.94. The van der Waals surface area contributed by atoms with Crippen LogP contribution in [-0.4, -0.2) is 0 Å². The van der Waals surface area contributed by atoms with Gasteiger partial charge in [0.2, 0.25) is 0 Å². The van der Waals surface area contributed by atoms with Crippen molar-refractivity contribution in [2.75, 3.05) is 0 Å². The lowest BCUT2D eigenvalue weighted by Gasteiger charge is -2.17. The molecule has 0 aliphatic carbocycles. The highest BCUT2D eigenvalue weighted by Crippen LogP contribution is 2.46. The molecule has 9 aromatic carbocycles. The van der Waals surface area contributed by atoms with Gasteiger partial charge in [-0.25, -0.2) is 0 Å². The Balaban J connectivity index is 1.18. The lowest BCUT2D eigenvalue weighted by atomic mass is 9.85. The third-order valence-electron chi connectivity index (χ3n) is 10.9. The molecule has 0 bridgehead atoms. The van der Waals surface area contributed by atoms with E-state index in [0.717, 1.165) is 28.4 Å². The molecule has 1 aromatic heterocycles. The molecule has 0 atom stereocenters. The summed E-state index contributed by atoms with van der Waals surface area (Å²) in [6, 6.07) is 59.9. The van der Waals surface area contributed by atoms with Crippen LogP contribution in [0, 0.1) is 0 Å². The van der Waals surface area contributed by atoms with Crippen LogP contribution < -0.4 is 0 Å². The van der Waals surface area contributed by atoms with Crippen molar-refractivity contribution >= 4 is 65.0 Å². The normalized spacial score (nSPS) is 11.9. The average molecular weight is 653 g/mol. The molecule has 0 aliphatic heterocycles. The summed E-state index contributed by atoms with van der Waals surface area (Å²) in [6.45, 7) is 2.27. The van der Waals surface area contributed by atoms with E-state index < -0.39 is 0 Å². The van der Waals surface area contributed by atoms with Crippen molar-refractivity contribution in [3.8, 4) is 33.4 Å². The molecule has 0 radical (unpaired) electrons. The molecular weight excluding hydrogens is 617 g/mol. The smallest absolute Gasteiger partial charge is 0.136 e. The van der Waals surface area contributed by atoms with Gasteiger partial charge in [0.25, 0.3) is 0 Å². The van der Waals surface area contributed by atoms with Gasteiger partial charge in [0.15, 0.2) is 0 Å². The molecule has 10 aromatic rings. The van der Waals surface area contributed by atoms with E-state index in [9.17, 15) is 0 Å². The molecule has 51 heavy (non-hydrogen) atoms. The van der Waals surface area contributed by atoms with Gasteiger partial charge in [-0.3, -0.25) is 0 Å². The molecular formula is C50H36O. The highest BCUT2D eigenvalue weighted by molar-refractivity contribution is 6.22. The first kappa shape index (κ1) is 29.7. The summed E-state index contributed by atoms with van der Waals surface area (Å²) >= 11 is 0. The number of unbranched alkanes of at least 4 members (excludes halogenated alkanes) is 1. The Hall–Kier alpha value is -6.18. The van der Waals surface area contributed by atoms with E-state index in [0.29, 0.717) is 0 Å². The van der Waals surface area contributed by atoms with Gasteiger partial charge >= 0.3 is 0 Å². The second kappa shape index (κ2) is 12.0. The summed E-state index contributed by atoms with van der Waals surface area (Å²) in [5.74, 6) is 0. The molecule has 1 heteroatoms. The summed E-state index contributed by atoms with van der Waals surface area (Å²) in [6.07, 6.45) is 3.45. The molecule has 0 saturated carbocycles. The standard InChI is InChI=1S/C50H36O/c1-2-3-17-35-36-18-7-9-20-39(36)50(40-21-10-8-19-37(35)40)34-26-28-38-45-30-33(27-29-46(45)51-47(38)31-34)49-43-24-13-11-22-41(43)48(32-15-5-4-6-16-32)42-23-12-14-25-44(42)49/h4-16,18-31H,2-3,17H2,1H3. The van der Waals surface area contributed by atoms with E-state index >= 15 is 0 Å². The topological polar surface area (TPSA) is 13.1 Å². The molecule has 10 rings (SSSR count). The fourth-order valence-electron chi connectivity index (χ4n) is 8.60. The van der Waals surface area contributed by atoms with Gasteiger partial charge in [0.1, 0.15) is 11.2 Å². The number of hydrogen-bond donors (Lipinski definition) is 0. The number of fused-ring (bicyclic) bond motifs is 7. The summed E-state index contributed by atoms with van der Waals surface area (Å²) in [5, 5.41) is 12.6. The van der Waals surface area contributed by atoms with Crippen LogP contribution in [0.4, 0.5) is 0 Å². The van der Waals surface area contributed by atoms with Crippen molar-refractivity contribution in [3.05, 3.63) is 169 Å². The Labute approximate surface area is 297 Å². The van der Waals surface area contributed by atoms with E-state index in [1.807, 2.05) is 0 Å². The van der Waals surface area contributed by atoms with E-state index in [-0.39, 0.29) is 0 Å². The predicted octanol–water partition coefficient (Wildman–Crippen LogP) is 14.5. The third kappa shape index (κ3) is 4.69. The zero-order valence-corrected chi connectivity index (χ0v) is 28.6. The molecule has 0 fully saturated rings. The minimum Gasteiger partial charge on any atom is -0.456 e. The maximum Gasteiger partial charge on any atom is 0.136 e. The second-order valence-corrected chi connectivity index (χ2v) is 13.8. The van der Waals surface area contributed by atoms with Crippen molar-refractivity contribution in [1.82, 2.24) is 0 Å². The Morgan fingerprint density at radius 2 is 0.804 bits per heavy atom. The molecule has 0 amide bonds. The minimum atomic E-state index is 0.907. The molecule has 242 valence electrons. The molecule has 1 heterocycles. The second-order valence-electron chi connectivity index (χ2n) is 13.8. The number of aryl methyl sites for hydroxylation is 1. The van der Waals surface area contributed by atoms with Gasteiger partial charge in [-0.2, -0.15) is 0 Å². The van der Waals surface area contributed by atoms with E-state index in [2.05, 4.69) is 171 Å². The zero-order valence-electron chi connectivity index (χ0n) is 28.6. The number of hydrogen-bond acceptors (Lipinski definition) is 1. The third-order valence-corrected chi connectivity index (χ3v) is 10.9. The lowest BCUT2D eigenvalue weighted by molar-refractivity contribution is 0.669. The fourth-order valence-corrected chi connectivity index (χ4v) is 8.60. The minimum absolute atomic E-state index is 0.907. The molecule has 0 aliphatic rings. The van der Waals surface area contributed by atoms with Crippen LogP contribution in [0.15, 0.2) is 168 Å². The Morgan fingerprint density at radius 3 is 1.35 bits per heavy atom. The largest absolute Gasteiger partial charge is 0.456 e. The van der Waals surface area contributed by atoms with Crippen molar-refractivity contribution in [2.45, 2.75) is 26.2 Å². The van der Waals surface area contributed by atoms with Crippen LogP contribution in [0.5, 0.6) is 0 Å². The number of furan rings is 1. The van der Waals surface area contributed by atoms with Gasteiger partial charge in [-0.1, -0.05) is 153 Å². The highest BCUT2D eigenvalue weighted by Gasteiger charge is 2.19. The quantitative estimate of drug-likeness (QED) is 0.163. The zero-order chi connectivity index (χ0) is 33.9. The van der Waals surface area contributed by atoms with Gasteiger partial charge in [-0.15, -0.1) is 0 Å². The average Bonchev–Trinajstić information content (AvgIpc) is 3.56.